The van der Waals surface area contributed by atoms with Gasteiger partial charge in [-0.25, -0.2) is 87.0 Å². The Hall–Kier alpha value is -15.4. The Labute approximate surface area is 780 Å². The van der Waals surface area contributed by atoms with Crippen molar-refractivity contribution in [3.05, 3.63) is 317 Å². The van der Waals surface area contributed by atoms with Crippen molar-refractivity contribution in [3.8, 4) is 17.1 Å². The third-order valence-corrected chi connectivity index (χ3v) is 28.8. The second-order valence-electron chi connectivity index (χ2n) is 37.3. The first-order valence-electron chi connectivity index (χ1n) is 46.8. The molecule has 10 atom stereocenters. The van der Waals surface area contributed by atoms with Crippen LogP contribution in [0, 0.1) is 20.8 Å². The van der Waals surface area contributed by atoms with Crippen LogP contribution < -0.4 is 27.8 Å². The van der Waals surface area contributed by atoms with Crippen molar-refractivity contribution < 1.29 is 8.78 Å². The molecular formula is C99H99F2N31O5. The van der Waals surface area contributed by atoms with Gasteiger partial charge in [-0.3, -0.25) is 48.9 Å². The summed E-state index contributed by atoms with van der Waals surface area (Å²) in [6.45, 7) is 9.27. The van der Waals surface area contributed by atoms with E-state index < -0.39 is 11.3 Å². The number of halogens is 2. The average molecular weight is 1840 g/mol. The fraction of sp³-hybridized carbons (Fsp3) is 0.374. The van der Waals surface area contributed by atoms with Crippen LogP contribution in [-0.4, -0.2) is 165 Å². The number of rotatable bonds is 15. The van der Waals surface area contributed by atoms with Crippen molar-refractivity contribution in [1.82, 2.24) is 154 Å². The van der Waals surface area contributed by atoms with Gasteiger partial charge in [-0.15, -0.1) is 0 Å². The van der Waals surface area contributed by atoms with Gasteiger partial charge in [0.05, 0.1) is 78.7 Å². The second kappa shape index (κ2) is 37.1. The van der Waals surface area contributed by atoms with E-state index in [1.54, 1.807) is 164 Å². The molecule has 38 heteroatoms. The molecule has 0 bridgehead atoms. The van der Waals surface area contributed by atoms with Crippen LogP contribution in [0.5, 0.6) is 0 Å². The highest BCUT2D eigenvalue weighted by molar-refractivity contribution is 5.78. The number of H-pyrrole nitrogens is 5. The molecule has 7 aliphatic carbocycles. The lowest BCUT2D eigenvalue weighted by Crippen LogP contribution is -2.29. The van der Waals surface area contributed by atoms with Gasteiger partial charge in [0, 0.05) is 139 Å². The number of aryl methyl sites for hydroxylation is 3. The average Bonchev–Trinajstić information content (AvgIpc) is 1.73. The molecule has 36 nitrogen and oxygen atoms in total. The van der Waals surface area contributed by atoms with Crippen molar-refractivity contribution in [1.29, 1.82) is 0 Å². The van der Waals surface area contributed by atoms with Crippen LogP contribution >= 0.6 is 0 Å². The summed E-state index contributed by atoms with van der Waals surface area (Å²) in [5, 5.41) is 24.4. The van der Waals surface area contributed by atoms with Crippen molar-refractivity contribution >= 4 is 55.2 Å². The maximum Gasteiger partial charge on any atom is 0.262 e. The number of fused-ring (bicyclic) bond motifs is 5. The van der Waals surface area contributed by atoms with Gasteiger partial charge in [0.1, 0.15) is 84.9 Å². The van der Waals surface area contributed by atoms with Gasteiger partial charge in [0.25, 0.3) is 27.8 Å². The minimum absolute atomic E-state index is 0.0939. The minimum atomic E-state index is -1.10. The van der Waals surface area contributed by atoms with E-state index in [2.05, 4.69) is 105 Å². The zero-order valence-electron chi connectivity index (χ0n) is 76.0. The molecule has 694 valence electrons. The summed E-state index contributed by atoms with van der Waals surface area (Å²) < 4.78 is 37.1. The van der Waals surface area contributed by atoms with Gasteiger partial charge in [-0.1, -0.05) is 12.1 Å². The molecule has 0 aliphatic heterocycles. The molecule has 18 heterocycles. The number of nitrogens with zero attached hydrogens (tertiary/aromatic N) is 26. The summed E-state index contributed by atoms with van der Waals surface area (Å²) in [5.74, 6) is 7.52. The van der Waals surface area contributed by atoms with Crippen LogP contribution in [0.3, 0.4) is 0 Å². The van der Waals surface area contributed by atoms with E-state index in [1.807, 2.05) is 84.7 Å². The van der Waals surface area contributed by atoms with Crippen molar-refractivity contribution in [2.24, 2.45) is 0 Å². The summed E-state index contributed by atoms with van der Waals surface area (Å²) in [7, 11) is 0. The zero-order valence-corrected chi connectivity index (χ0v) is 76.0. The second-order valence-corrected chi connectivity index (χ2v) is 37.3. The van der Waals surface area contributed by atoms with E-state index in [0.717, 1.165) is 127 Å². The Morgan fingerprint density at radius 2 is 0.540 bits per heavy atom. The molecule has 0 radical (unpaired) electrons. The third-order valence-electron chi connectivity index (χ3n) is 28.8. The Morgan fingerprint density at radius 1 is 0.285 bits per heavy atom. The monoisotopic (exact) mass is 1840 g/mol. The van der Waals surface area contributed by atoms with Crippen molar-refractivity contribution in [3.63, 3.8) is 0 Å². The molecule has 7 saturated carbocycles. The molecule has 25 rings (SSSR count). The largest absolute Gasteiger partial charge is 0.310 e. The molecule has 0 amide bonds. The fourth-order valence-corrected chi connectivity index (χ4v) is 20.1. The number of aromatic amines is 5. The molecule has 7 fully saturated rings. The topological polar surface area (TPSA) is 460 Å². The van der Waals surface area contributed by atoms with E-state index >= 15 is 0 Å². The Kier molecular flexibility index (Phi) is 23.9. The SMILES string of the molecule is CC1(F)CCC(n2ncc3c(=O)[nH]c([C@@H]4CC[C@@H]4c4ccccn4)nc32)CC1.CC1(F)CCC(n2ncc3c(=O)[nH]c([C@H]4CC[C@H]4c4ccccn4)nc32)CC1.Cc1ccncc1-n1ncc2c(=O)[nH]c(C3CCC3c3ncccn3)nc21.Cc1ccncc1-n1ncc2c(=O)[nH]c([C@@H]3CC[C@H]3c3ncccn3)nc21.Cc1ccncc1-n1ncc2c(=O)[nH]c([C@H]3CC[C@@H]3c3ncccn3)nc21. The quantitative estimate of drug-likeness (QED) is 0.0636. The van der Waals surface area contributed by atoms with E-state index in [9.17, 15) is 32.8 Å². The summed E-state index contributed by atoms with van der Waals surface area (Å²) in [5.41, 5.74) is 7.42. The number of alkyl halides is 2. The highest BCUT2D eigenvalue weighted by atomic mass is 19.1. The first-order chi connectivity index (χ1) is 66.7. The standard InChI is InChI=1S/2C21H24FN5O.3C19H17N7O/c2*1-21(22)9-7-13(8-10-21)27-19-16(12-24-27)20(28)26-18(25-19)15-6-5-14(15)17-4-2-3-11-23-17;3*1-11-5-8-20-10-15(11)26-18-14(9-23-26)19(27)25-17(24-18)13-4-3-12(13)16-21-6-2-7-22-16/h2*2-4,11-15H,5-10H2,1H3,(H,25,26,28);3*2,5-10,12-13H,3-4H2,1H3,(H,24,25,27)/t2*13?,14-,15+,21?;2*12-,13-;/m1010./s1. The third kappa shape index (κ3) is 17.5. The maximum absolute atomic E-state index is 14.2. The van der Waals surface area contributed by atoms with E-state index in [-0.39, 0.29) is 99.1 Å². The van der Waals surface area contributed by atoms with Gasteiger partial charge in [0.15, 0.2) is 28.2 Å². The van der Waals surface area contributed by atoms with Crippen molar-refractivity contribution in [2.45, 2.75) is 233 Å². The molecule has 137 heavy (non-hydrogen) atoms. The lowest BCUT2D eigenvalue weighted by Gasteiger charge is -2.35. The van der Waals surface area contributed by atoms with Crippen LogP contribution in [-0.2, 0) is 0 Å². The predicted molar refractivity (Wildman–Crippen MR) is 505 cm³/mol. The maximum atomic E-state index is 14.2. The van der Waals surface area contributed by atoms with Crippen LogP contribution in [0.1, 0.15) is 275 Å². The molecule has 7 aliphatic rings. The number of aromatic nitrogens is 31. The molecule has 0 saturated heterocycles. The summed E-state index contributed by atoms with van der Waals surface area (Å²) >= 11 is 0. The fourth-order valence-electron chi connectivity index (χ4n) is 20.1. The summed E-state index contributed by atoms with van der Waals surface area (Å²) in [6, 6.07) is 23.2. The number of hydrogen-bond acceptors (Lipinski definition) is 26. The number of pyridine rings is 5. The van der Waals surface area contributed by atoms with Crippen LogP contribution in [0.25, 0.3) is 72.2 Å². The van der Waals surface area contributed by atoms with Gasteiger partial charge < -0.3 is 24.9 Å². The molecular weight excluding hydrogens is 1740 g/mol. The molecule has 18 aromatic rings. The molecule has 0 aromatic carbocycles. The summed E-state index contributed by atoms with van der Waals surface area (Å²) in [4.78, 5) is 150. The Balaban J connectivity index is 0.000000102. The molecule has 2 unspecified atom stereocenters. The van der Waals surface area contributed by atoms with Gasteiger partial charge >= 0.3 is 0 Å². The molecule has 0 spiro atoms. The highest BCUT2D eigenvalue weighted by Crippen LogP contribution is 2.52. The van der Waals surface area contributed by atoms with Gasteiger partial charge in [-0.2, -0.15) is 25.5 Å². The highest BCUT2D eigenvalue weighted by Gasteiger charge is 2.44. The van der Waals surface area contributed by atoms with E-state index in [0.29, 0.717) is 136 Å². The predicted octanol–water partition coefficient (Wildman–Crippen LogP) is 14.8. The van der Waals surface area contributed by atoms with Gasteiger partial charge in [0.2, 0.25) is 0 Å². The number of hydrogen-bond donors (Lipinski definition) is 5. The Bertz CT molecular complexity index is 7130. The lowest BCUT2D eigenvalue weighted by molar-refractivity contribution is 0.103. The lowest BCUT2D eigenvalue weighted by atomic mass is 9.71. The smallest absolute Gasteiger partial charge is 0.262 e. The van der Waals surface area contributed by atoms with Crippen LogP contribution in [0.2, 0.25) is 0 Å². The van der Waals surface area contributed by atoms with E-state index in [1.165, 1.54) is 0 Å². The first-order valence-corrected chi connectivity index (χ1v) is 46.8. The van der Waals surface area contributed by atoms with Crippen molar-refractivity contribution in [2.75, 3.05) is 0 Å². The Morgan fingerprint density at radius 3 is 0.803 bits per heavy atom. The molecule has 18 aromatic heterocycles. The molecule has 5 N–H and O–H groups in total. The number of nitrogens with one attached hydrogen (secondary N) is 5. The zero-order chi connectivity index (χ0) is 93.7. The first kappa shape index (κ1) is 88.2. The van der Waals surface area contributed by atoms with Crippen LogP contribution in [0.15, 0.2) is 215 Å². The minimum Gasteiger partial charge on any atom is -0.310 e. The van der Waals surface area contributed by atoms with Gasteiger partial charge in [-0.05, 0) is 228 Å². The normalized spacial score (nSPS) is 23.7. The van der Waals surface area contributed by atoms with Crippen LogP contribution in [0.4, 0.5) is 8.78 Å². The van der Waals surface area contributed by atoms with E-state index in [4.69, 9.17) is 24.9 Å². The summed E-state index contributed by atoms with van der Waals surface area (Å²) in [6.07, 6.45) is 47.0.